The van der Waals surface area contributed by atoms with Gasteiger partial charge in [-0.05, 0) is 63.6 Å². The molecule has 1 saturated heterocycles. The first kappa shape index (κ1) is 13.8. The SMILES string of the molecule is CC1NC(=O)CCN(c2ccc(I)c(Br)c2)C1=O. The lowest BCUT2D eigenvalue weighted by Gasteiger charge is -2.22. The van der Waals surface area contributed by atoms with Crippen molar-refractivity contribution in [3.05, 3.63) is 26.2 Å². The Morgan fingerprint density at radius 1 is 1.44 bits per heavy atom. The predicted octanol–water partition coefficient (Wildman–Crippen LogP) is 2.30. The van der Waals surface area contributed by atoms with Gasteiger partial charge in [-0.2, -0.15) is 0 Å². The van der Waals surface area contributed by atoms with Gasteiger partial charge in [-0.15, -0.1) is 0 Å². The highest BCUT2D eigenvalue weighted by Crippen LogP contribution is 2.26. The van der Waals surface area contributed by atoms with E-state index in [2.05, 4.69) is 43.8 Å². The van der Waals surface area contributed by atoms with Gasteiger partial charge in [0.05, 0.1) is 0 Å². The second kappa shape index (κ2) is 5.56. The van der Waals surface area contributed by atoms with Crippen molar-refractivity contribution in [2.24, 2.45) is 0 Å². The van der Waals surface area contributed by atoms with E-state index in [-0.39, 0.29) is 11.8 Å². The molecule has 1 aromatic carbocycles. The maximum atomic E-state index is 12.2. The monoisotopic (exact) mass is 422 g/mol. The van der Waals surface area contributed by atoms with E-state index in [0.29, 0.717) is 13.0 Å². The molecule has 0 aromatic heterocycles. The number of carbonyl (C=O) groups is 2. The highest BCUT2D eigenvalue weighted by Gasteiger charge is 2.27. The first-order chi connectivity index (χ1) is 8.49. The number of halogens is 2. The van der Waals surface area contributed by atoms with Gasteiger partial charge in [0.2, 0.25) is 11.8 Å². The standard InChI is InChI=1S/C12H12BrIN2O2/c1-7-12(18)16(5-4-11(17)15-7)8-2-3-10(14)9(13)6-8/h2-3,6-7H,4-5H2,1H3,(H,15,17). The Labute approximate surface area is 127 Å². The zero-order valence-corrected chi connectivity index (χ0v) is 13.5. The van der Waals surface area contributed by atoms with Crippen molar-refractivity contribution in [2.75, 3.05) is 11.4 Å². The van der Waals surface area contributed by atoms with Gasteiger partial charge in [0, 0.05) is 26.7 Å². The van der Waals surface area contributed by atoms with Crippen molar-refractivity contribution in [3.8, 4) is 0 Å². The number of nitrogens with zero attached hydrogens (tertiary/aromatic N) is 1. The van der Waals surface area contributed by atoms with Gasteiger partial charge in [-0.3, -0.25) is 9.59 Å². The van der Waals surface area contributed by atoms with Gasteiger partial charge in [-0.1, -0.05) is 0 Å². The van der Waals surface area contributed by atoms with Gasteiger partial charge >= 0.3 is 0 Å². The Morgan fingerprint density at radius 2 is 2.17 bits per heavy atom. The highest BCUT2D eigenvalue weighted by atomic mass is 127. The average molecular weight is 423 g/mol. The number of hydrogen-bond donors (Lipinski definition) is 1. The fourth-order valence-corrected chi connectivity index (χ4v) is 2.54. The molecule has 0 aliphatic carbocycles. The third-order valence-electron chi connectivity index (χ3n) is 2.79. The molecule has 1 unspecified atom stereocenters. The van der Waals surface area contributed by atoms with Crippen molar-refractivity contribution >= 4 is 56.0 Å². The summed E-state index contributed by atoms with van der Waals surface area (Å²) in [5, 5.41) is 2.67. The minimum Gasteiger partial charge on any atom is -0.345 e. The molecule has 1 aliphatic rings. The number of rotatable bonds is 1. The van der Waals surface area contributed by atoms with Crippen molar-refractivity contribution in [2.45, 2.75) is 19.4 Å². The molecular weight excluding hydrogens is 411 g/mol. The van der Waals surface area contributed by atoms with Crippen molar-refractivity contribution < 1.29 is 9.59 Å². The molecule has 1 aliphatic heterocycles. The second-order valence-corrected chi connectivity index (χ2v) is 6.14. The summed E-state index contributed by atoms with van der Waals surface area (Å²) in [6.45, 7) is 2.13. The van der Waals surface area contributed by atoms with Crippen LogP contribution in [0.5, 0.6) is 0 Å². The van der Waals surface area contributed by atoms with Crippen molar-refractivity contribution in [1.82, 2.24) is 5.32 Å². The van der Waals surface area contributed by atoms with Gasteiger partial charge in [0.1, 0.15) is 6.04 Å². The van der Waals surface area contributed by atoms with Crippen molar-refractivity contribution in [3.63, 3.8) is 0 Å². The van der Waals surface area contributed by atoms with Gasteiger partial charge in [0.25, 0.3) is 0 Å². The number of hydrogen-bond acceptors (Lipinski definition) is 2. The van der Waals surface area contributed by atoms with Crippen LogP contribution in [-0.4, -0.2) is 24.4 Å². The number of anilines is 1. The summed E-state index contributed by atoms with van der Waals surface area (Å²) in [5.41, 5.74) is 0.815. The number of nitrogens with one attached hydrogen (secondary N) is 1. The third-order valence-corrected chi connectivity index (χ3v) is 5.13. The predicted molar refractivity (Wildman–Crippen MR) is 81.4 cm³/mol. The molecule has 4 nitrogen and oxygen atoms in total. The van der Waals surface area contributed by atoms with Crippen LogP contribution in [0.1, 0.15) is 13.3 Å². The van der Waals surface area contributed by atoms with Crippen LogP contribution in [0.15, 0.2) is 22.7 Å². The molecule has 1 atom stereocenters. The summed E-state index contributed by atoms with van der Waals surface area (Å²) in [5.74, 6) is -0.156. The van der Waals surface area contributed by atoms with Gasteiger partial charge < -0.3 is 10.2 Å². The Kier molecular flexibility index (Phi) is 4.26. The zero-order chi connectivity index (χ0) is 13.3. The van der Waals surface area contributed by atoms with Crippen LogP contribution in [0.3, 0.4) is 0 Å². The van der Waals surface area contributed by atoms with E-state index in [1.54, 1.807) is 11.8 Å². The molecule has 0 bridgehead atoms. The molecule has 1 aromatic rings. The van der Waals surface area contributed by atoms with Crippen LogP contribution >= 0.6 is 38.5 Å². The molecule has 1 heterocycles. The van der Waals surface area contributed by atoms with Crippen LogP contribution in [0.4, 0.5) is 5.69 Å². The van der Waals surface area contributed by atoms with E-state index < -0.39 is 6.04 Å². The third kappa shape index (κ3) is 2.85. The fourth-order valence-electron chi connectivity index (χ4n) is 1.84. The van der Waals surface area contributed by atoms with Crippen LogP contribution < -0.4 is 10.2 Å². The Morgan fingerprint density at radius 3 is 2.83 bits per heavy atom. The Hall–Kier alpha value is -0.630. The van der Waals surface area contributed by atoms with E-state index in [1.165, 1.54) is 0 Å². The summed E-state index contributed by atoms with van der Waals surface area (Å²) in [6.07, 6.45) is 0.333. The summed E-state index contributed by atoms with van der Waals surface area (Å²) < 4.78 is 2.03. The van der Waals surface area contributed by atoms with Crippen LogP contribution in [0.2, 0.25) is 0 Å². The highest BCUT2D eigenvalue weighted by molar-refractivity contribution is 14.1. The first-order valence-electron chi connectivity index (χ1n) is 5.55. The lowest BCUT2D eigenvalue weighted by molar-refractivity contribution is -0.125. The number of benzene rings is 1. The molecule has 0 radical (unpaired) electrons. The minimum absolute atomic E-state index is 0.0750. The minimum atomic E-state index is -0.474. The zero-order valence-electron chi connectivity index (χ0n) is 9.74. The maximum Gasteiger partial charge on any atom is 0.249 e. The quantitative estimate of drug-likeness (QED) is 0.706. The number of carbonyl (C=O) groups excluding carboxylic acids is 2. The second-order valence-electron chi connectivity index (χ2n) is 4.13. The van der Waals surface area contributed by atoms with E-state index in [4.69, 9.17) is 0 Å². The molecular formula is C12H12BrIN2O2. The van der Waals surface area contributed by atoms with E-state index in [1.807, 2.05) is 18.2 Å². The van der Waals surface area contributed by atoms with E-state index >= 15 is 0 Å². The molecule has 96 valence electrons. The molecule has 6 heteroatoms. The fraction of sp³-hybridized carbons (Fsp3) is 0.333. The van der Waals surface area contributed by atoms with Crippen LogP contribution in [-0.2, 0) is 9.59 Å². The van der Waals surface area contributed by atoms with E-state index in [9.17, 15) is 9.59 Å². The van der Waals surface area contributed by atoms with Gasteiger partial charge in [-0.25, -0.2) is 0 Å². The molecule has 1 fully saturated rings. The maximum absolute atomic E-state index is 12.2. The summed E-state index contributed by atoms with van der Waals surface area (Å²) >= 11 is 5.67. The molecule has 18 heavy (non-hydrogen) atoms. The normalized spacial score (nSPS) is 20.6. The summed E-state index contributed by atoms with van der Waals surface area (Å²) in [7, 11) is 0. The summed E-state index contributed by atoms with van der Waals surface area (Å²) in [6, 6.07) is 5.27. The largest absolute Gasteiger partial charge is 0.345 e. The molecule has 1 N–H and O–H groups in total. The Bertz CT molecular complexity index is 507. The molecule has 2 rings (SSSR count). The van der Waals surface area contributed by atoms with Crippen LogP contribution in [0.25, 0.3) is 0 Å². The Balaban J connectivity index is 2.33. The topological polar surface area (TPSA) is 49.4 Å². The van der Waals surface area contributed by atoms with Crippen LogP contribution in [0, 0.1) is 3.57 Å². The lowest BCUT2D eigenvalue weighted by Crippen LogP contribution is -2.42. The summed E-state index contributed by atoms with van der Waals surface area (Å²) in [4.78, 5) is 25.3. The van der Waals surface area contributed by atoms with E-state index in [0.717, 1.165) is 13.7 Å². The van der Waals surface area contributed by atoms with Gasteiger partial charge in [0.15, 0.2) is 0 Å². The molecule has 2 amide bonds. The average Bonchev–Trinajstić information content (AvgIpc) is 2.44. The first-order valence-corrected chi connectivity index (χ1v) is 7.42. The van der Waals surface area contributed by atoms with Crippen molar-refractivity contribution in [1.29, 1.82) is 0 Å². The lowest BCUT2D eigenvalue weighted by atomic mass is 10.2. The smallest absolute Gasteiger partial charge is 0.249 e. The molecule has 0 spiro atoms. The molecule has 0 saturated carbocycles. The number of amides is 2.